The summed E-state index contributed by atoms with van der Waals surface area (Å²) in [6.07, 6.45) is 0.603. The molecule has 0 aromatic heterocycles. The average Bonchev–Trinajstić information content (AvgIpc) is 2.11. The molecule has 0 aliphatic carbocycles. The molecule has 0 saturated carbocycles. The number of methoxy groups -OCH3 is 1. The molecule has 0 aliphatic rings. The molecular weight excluding hydrogens is 194 g/mol. The van der Waals surface area contributed by atoms with Crippen LogP contribution in [0.4, 0.5) is 8.78 Å². The standard InChI is InChI=1S/C8H16F2N2O2/c1-6(3-4-14-2)12-5-8(9,10)7(11)13/h6,12H,3-5H2,1-2H3,(H2,11,13). The zero-order valence-electron chi connectivity index (χ0n) is 8.35. The zero-order chi connectivity index (χ0) is 11.2. The zero-order valence-corrected chi connectivity index (χ0v) is 8.35. The maximum atomic E-state index is 12.7. The summed E-state index contributed by atoms with van der Waals surface area (Å²) in [4.78, 5) is 10.3. The van der Waals surface area contributed by atoms with Gasteiger partial charge in [-0.15, -0.1) is 0 Å². The summed E-state index contributed by atoms with van der Waals surface area (Å²) in [6.45, 7) is 1.49. The highest BCUT2D eigenvalue weighted by atomic mass is 19.3. The summed E-state index contributed by atoms with van der Waals surface area (Å²) in [7, 11) is 1.53. The Hall–Kier alpha value is -0.750. The van der Waals surface area contributed by atoms with Crippen molar-refractivity contribution in [3.63, 3.8) is 0 Å². The van der Waals surface area contributed by atoms with Gasteiger partial charge in [0.25, 0.3) is 5.91 Å². The summed E-state index contributed by atoms with van der Waals surface area (Å²) in [6, 6.07) is -0.139. The van der Waals surface area contributed by atoms with E-state index in [2.05, 4.69) is 11.1 Å². The Morgan fingerprint density at radius 3 is 2.64 bits per heavy atom. The van der Waals surface area contributed by atoms with Crippen LogP contribution < -0.4 is 11.1 Å². The Labute approximate surface area is 81.8 Å². The van der Waals surface area contributed by atoms with E-state index < -0.39 is 18.4 Å². The lowest BCUT2D eigenvalue weighted by Gasteiger charge is -2.17. The Morgan fingerprint density at radius 1 is 1.64 bits per heavy atom. The van der Waals surface area contributed by atoms with Crippen molar-refractivity contribution in [2.75, 3.05) is 20.3 Å². The lowest BCUT2D eigenvalue weighted by atomic mass is 10.2. The third-order valence-electron chi connectivity index (χ3n) is 1.79. The third kappa shape index (κ3) is 5.08. The fourth-order valence-corrected chi connectivity index (χ4v) is 0.786. The Balaban J connectivity index is 3.75. The van der Waals surface area contributed by atoms with Gasteiger partial charge in [0.15, 0.2) is 0 Å². The minimum absolute atomic E-state index is 0.139. The van der Waals surface area contributed by atoms with Gasteiger partial charge < -0.3 is 15.8 Å². The van der Waals surface area contributed by atoms with Crippen LogP contribution in [0, 0.1) is 0 Å². The van der Waals surface area contributed by atoms with E-state index in [-0.39, 0.29) is 6.04 Å². The maximum Gasteiger partial charge on any atom is 0.336 e. The highest BCUT2D eigenvalue weighted by Gasteiger charge is 2.36. The lowest BCUT2D eigenvalue weighted by Crippen LogP contribution is -2.46. The van der Waals surface area contributed by atoms with Crippen molar-refractivity contribution < 1.29 is 18.3 Å². The normalized spacial score (nSPS) is 14.0. The van der Waals surface area contributed by atoms with E-state index in [1.165, 1.54) is 7.11 Å². The Morgan fingerprint density at radius 2 is 2.21 bits per heavy atom. The molecule has 0 radical (unpaired) electrons. The van der Waals surface area contributed by atoms with Gasteiger partial charge in [-0.1, -0.05) is 0 Å². The topological polar surface area (TPSA) is 64.3 Å². The van der Waals surface area contributed by atoms with Crippen LogP contribution in [0.3, 0.4) is 0 Å². The first kappa shape index (κ1) is 13.2. The highest BCUT2D eigenvalue weighted by Crippen LogP contribution is 2.10. The first-order valence-electron chi connectivity index (χ1n) is 4.30. The molecule has 0 aromatic carbocycles. The van der Waals surface area contributed by atoms with Gasteiger partial charge in [-0.2, -0.15) is 8.78 Å². The van der Waals surface area contributed by atoms with E-state index in [4.69, 9.17) is 4.74 Å². The number of primary amides is 1. The second-order valence-electron chi connectivity index (χ2n) is 3.13. The predicted molar refractivity (Wildman–Crippen MR) is 48.1 cm³/mol. The van der Waals surface area contributed by atoms with E-state index in [0.717, 1.165) is 0 Å². The number of halogens is 2. The molecule has 0 rings (SSSR count). The van der Waals surface area contributed by atoms with E-state index in [1.54, 1.807) is 6.92 Å². The number of hydrogen-bond acceptors (Lipinski definition) is 3. The molecule has 1 atom stereocenters. The minimum Gasteiger partial charge on any atom is -0.385 e. The fourth-order valence-electron chi connectivity index (χ4n) is 0.786. The molecule has 0 fully saturated rings. The molecule has 1 amide bonds. The Kier molecular flexibility index (Phi) is 5.56. The molecular formula is C8H16F2N2O2. The van der Waals surface area contributed by atoms with Crippen LogP contribution in [-0.4, -0.2) is 38.1 Å². The second-order valence-corrected chi connectivity index (χ2v) is 3.13. The fraction of sp³-hybridized carbons (Fsp3) is 0.875. The van der Waals surface area contributed by atoms with Crippen LogP contribution in [0.5, 0.6) is 0 Å². The molecule has 3 N–H and O–H groups in total. The first-order chi connectivity index (χ1) is 6.40. The number of carbonyl (C=O) groups is 1. The van der Waals surface area contributed by atoms with Crippen LogP contribution in [-0.2, 0) is 9.53 Å². The summed E-state index contributed by atoms with van der Waals surface area (Å²) in [5.74, 6) is -5.09. The second kappa shape index (κ2) is 5.87. The smallest absolute Gasteiger partial charge is 0.336 e. The molecule has 0 heterocycles. The molecule has 0 aromatic rings. The monoisotopic (exact) mass is 210 g/mol. The number of ether oxygens (including phenoxy) is 1. The highest BCUT2D eigenvalue weighted by molar-refractivity contribution is 5.81. The lowest BCUT2D eigenvalue weighted by molar-refractivity contribution is -0.141. The number of carbonyl (C=O) groups excluding carboxylic acids is 1. The van der Waals surface area contributed by atoms with Gasteiger partial charge in [-0.05, 0) is 13.3 Å². The van der Waals surface area contributed by atoms with Crippen LogP contribution in [0.25, 0.3) is 0 Å². The minimum atomic E-state index is -3.48. The van der Waals surface area contributed by atoms with E-state index in [1.807, 2.05) is 0 Å². The number of nitrogens with one attached hydrogen (secondary N) is 1. The van der Waals surface area contributed by atoms with Gasteiger partial charge in [0.2, 0.25) is 0 Å². The van der Waals surface area contributed by atoms with Crippen LogP contribution in [0.15, 0.2) is 0 Å². The van der Waals surface area contributed by atoms with Gasteiger partial charge in [0, 0.05) is 19.8 Å². The molecule has 0 saturated heterocycles. The SMILES string of the molecule is COCCC(C)NCC(F)(F)C(N)=O. The van der Waals surface area contributed by atoms with Crippen molar-refractivity contribution in [1.29, 1.82) is 0 Å². The largest absolute Gasteiger partial charge is 0.385 e. The van der Waals surface area contributed by atoms with Gasteiger partial charge in [0.1, 0.15) is 0 Å². The molecule has 0 spiro atoms. The molecule has 1 unspecified atom stereocenters. The van der Waals surface area contributed by atoms with E-state index in [0.29, 0.717) is 13.0 Å². The number of nitrogens with two attached hydrogens (primary N) is 1. The van der Waals surface area contributed by atoms with Crippen molar-refractivity contribution in [3.05, 3.63) is 0 Å². The summed E-state index contributed by atoms with van der Waals surface area (Å²) in [5, 5.41) is 2.51. The number of amides is 1. The third-order valence-corrected chi connectivity index (χ3v) is 1.79. The maximum absolute atomic E-state index is 12.7. The van der Waals surface area contributed by atoms with Gasteiger partial charge in [0.05, 0.1) is 6.54 Å². The molecule has 14 heavy (non-hydrogen) atoms. The molecule has 4 nitrogen and oxygen atoms in total. The Bertz CT molecular complexity index is 188. The summed E-state index contributed by atoms with van der Waals surface area (Å²) < 4.78 is 30.1. The van der Waals surface area contributed by atoms with Crippen molar-refractivity contribution >= 4 is 5.91 Å². The van der Waals surface area contributed by atoms with Crippen molar-refractivity contribution in [2.45, 2.75) is 25.3 Å². The molecule has 84 valence electrons. The predicted octanol–water partition coefficient (Wildman–Crippen LogP) is 0.122. The van der Waals surface area contributed by atoms with Crippen LogP contribution in [0.1, 0.15) is 13.3 Å². The number of rotatable bonds is 7. The van der Waals surface area contributed by atoms with Gasteiger partial charge in [-0.25, -0.2) is 0 Å². The van der Waals surface area contributed by atoms with Crippen molar-refractivity contribution in [3.8, 4) is 0 Å². The van der Waals surface area contributed by atoms with Gasteiger partial charge >= 0.3 is 5.92 Å². The summed E-state index contributed by atoms with van der Waals surface area (Å²) >= 11 is 0. The molecule has 0 bridgehead atoms. The summed E-state index contributed by atoms with van der Waals surface area (Å²) in [5.41, 5.74) is 4.50. The molecule has 0 aliphatic heterocycles. The van der Waals surface area contributed by atoms with E-state index >= 15 is 0 Å². The van der Waals surface area contributed by atoms with Crippen molar-refractivity contribution in [1.82, 2.24) is 5.32 Å². The van der Waals surface area contributed by atoms with Crippen LogP contribution >= 0.6 is 0 Å². The molecule has 6 heteroatoms. The van der Waals surface area contributed by atoms with Crippen molar-refractivity contribution in [2.24, 2.45) is 5.73 Å². The van der Waals surface area contributed by atoms with Crippen LogP contribution in [0.2, 0.25) is 0 Å². The average molecular weight is 210 g/mol. The van der Waals surface area contributed by atoms with Gasteiger partial charge in [-0.3, -0.25) is 4.79 Å². The number of hydrogen-bond donors (Lipinski definition) is 2. The van der Waals surface area contributed by atoms with E-state index in [9.17, 15) is 13.6 Å². The number of alkyl halides is 2. The first-order valence-corrected chi connectivity index (χ1v) is 4.30. The quantitative estimate of drug-likeness (QED) is 0.627.